The molecule has 190 valence electrons. The van der Waals surface area contributed by atoms with Crippen molar-refractivity contribution in [3.63, 3.8) is 0 Å². The van der Waals surface area contributed by atoms with E-state index in [1.807, 2.05) is 25.3 Å². The maximum atomic E-state index is 13.0. The van der Waals surface area contributed by atoms with E-state index in [9.17, 15) is 14.4 Å². The average molecular weight is 484 g/mol. The molecule has 0 radical (unpaired) electrons. The van der Waals surface area contributed by atoms with Crippen molar-refractivity contribution in [1.29, 1.82) is 0 Å². The molecule has 3 amide bonds. The SMILES string of the molecule is CO[C@H]1CC[C@H](CN[C@H]2CCCC[C@H]2Oc2ccc3c(c2)CN(C2CCC(=O)NC2=O)C3=O)CC1. The third-order valence-corrected chi connectivity index (χ3v) is 8.28. The molecule has 2 saturated carbocycles. The molecule has 8 heteroatoms. The third kappa shape index (κ3) is 5.38. The molecule has 1 saturated heterocycles. The lowest BCUT2D eigenvalue weighted by molar-refractivity contribution is -0.136. The molecule has 2 aliphatic heterocycles. The van der Waals surface area contributed by atoms with Gasteiger partial charge in [0.2, 0.25) is 11.8 Å². The number of carbonyl (C=O) groups excluding carboxylic acids is 3. The molecule has 35 heavy (non-hydrogen) atoms. The van der Waals surface area contributed by atoms with Gasteiger partial charge >= 0.3 is 0 Å². The summed E-state index contributed by atoms with van der Waals surface area (Å²) >= 11 is 0. The number of hydrogen-bond acceptors (Lipinski definition) is 6. The van der Waals surface area contributed by atoms with Crippen LogP contribution in [0.15, 0.2) is 18.2 Å². The summed E-state index contributed by atoms with van der Waals surface area (Å²) in [6.07, 6.45) is 10.4. The van der Waals surface area contributed by atoms with E-state index in [0.717, 1.165) is 50.0 Å². The van der Waals surface area contributed by atoms with Crippen molar-refractivity contribution in [2.45, 2.75) is 95.0 Å². The smallest absolute Gasteiger partial charge is 0.255 e. The molecular formula is C27H37N3O5. The Morgan fingerprint density at radius 3 is 2.60 bits per heavy atom. The van der Waals surface area contributed by atoms with Crippen molar-refractivity contribution >= 4 is 17.7 Å². The number of rotatable bonds is 7. The van der Waals surface area contributed by atoms with Crippen molar-refractivity contribution in [2.24, 2.45) is 5.92 Å². The number of carbonyl (C=O) groups is 3. The number of piperidine rings is 1. The fourth-order valence-electron chi connectivity index (χ4n) is 6.16. The molecule has 3 atom stereocenters. The zero-order valence-electron chi connectivity index (χ0n) is 20.6. The number of hydrogen-bond donors (Lipinski definition) is 2. The fourth-order valence-corrected chi connectivity index (χ4v) is 6.16. The number of benzene rings is 1. The minimum absolute atomic E-state index is 0.112. The van der Waals surface area contributed by atoms with Gasteiger partial charge in [-0.1, -0.05) is 6.42 Å². The topological polar surface area (TPSA) is 97.0 Å². The first-order valence-electron chi connectivity index (χ1n) is 13.2. The first-order valence-corrected chi connectivity index (χ1v) is 13.2. The lowest BCUT2D eigenvalue weighted by Gasteiger charge is -2.35. The van der Waals surface area contributed by atoms with E-state index in [4.69, 9.17) is 9.47 Å². The molecule has 0 spiro atoms. The Hall–Kier alpha value is -2.45. The van der Waals surface area contributed by atoms with Gasteiger partial charge in [-0.25, -0.2) is 0 Å². The van der Waals surface area contributed by atoms with Gasteiger partial charge in [0.1, 0.15) is 17.9 Å². The van der Waals surface area contributed by atoms with Gasteiger partial charge in [-0.2, -0.15) is 0 Å². The molecule has 1 aromatic carbocycles. The molecular weight excluding hydrogens is 446 g/mol. The van der Waals surface area contributed by atoms with Crippen LogP contribution in [0, 0.1) is 5.92 Å². The third-order valence-electron chi connectivity index (χ3n) is 8.28. The lowest BCUT2D eigenvalue weighted by Crippen LogP contribution is -2.52. The Labute approximate surface area is 207 Å². The second-order valence-electron chi connectivity index (χ2n) is 10.6. The molecule has 0 aromatic heterocycles. The van der Waals surface area contributed by atoms with Gasteiger partial charge in [-0.05, 0) is 87.6 Å². The van der Waals surface area contributed by atoms with Gasteiger partial charge in [-0.3, -0.25) is 19.7 Å². The van der Waals surface area contributed by atoms with E-state index in [-0.39, 0.29) is 30.2 Å². The molecule has 8 nitrogen and oxygen atoms in total. The Kier molecular flexibility index (Phi) is 7.39. The van der Waals surface area contributed by atoms with Crippen LogP contribution in [0.25, 0.3) is 0 Å². The summed E-state index contributed by atoms with van der Waals surface area (Å²) in [7, 11) is 1.81. The first kappa shape index (κ1) is 24.3. The predicted molar refractivity (Wildman–Crippen MR) is 130 cm³/mol. The summed E-state index contributed by atoms with van der Waals surface area (Å²) in [4.78, 5) is 38.3. The van der Waals surface area contributed by atoms with Crippen LogP contribution in [0.1, 0.15) is 80.1 Å². The van der Waals surface area contributed by atoms with Crippen molar-refractivity contribution in [1.82, 2.24) is 15.5 Å². The van der Waals surface area contributed by atoms with Crippen molar-refractivity contribution in [3.05, 3.63) is 29.3 Å². The standard InChI is InChI=1S/C27H37N3O5/c1-34-19-8-6-17(7-9-19)15-28-22-4-2-3-5-24(22)35-20-10-11-21-18(14-20)16-30(27(21)33)23-12-13-25(31)29-26(23)32/h10-11,14,17,19,22-24,28H,2-9,12-13,15-16H2,1H3,(H,29,31,32)/t17-,19-,22-,23?,24+/m0/s1. The van der Waals surface area contributed by atoms with E-state index < -0.39 is 6.04 Å². The van der Waals surface area contributed by atoms with E-state index in [1.165, 1.54) is 19.3 Å². The fraction of sp³-hybridized carbons (Fsp3) is 0.667. The van der Waals surface area contributed by atoms with Gasteiger partial charge in [0.05, 0.1) is 6.10 Å². The van der Waals surface area contributed by atoms with Gasteiger partial charge < -0.3 is 19.7 Å². The molecule has 3 fully saturated rings. The number of ether oxygens (including phenoxy) is 2. The maximum absolute atomic E-state index is 13.0. The van der Waals surface area contributed by atoms with Gasteiger partial charge in [-0.15, -0.1) is 0 Å². The molecule has 2 aliphatic carbocycles. The highest BCUT2D eigenvalue weighted by Gasteiger charge is 2.39. The molecule has 2 N–H and O–H groups in total. The first-order chi connectivity index (χ1) is 17.0. The van der Waals surface area contributed by atoms with E-state index in [0.29, 0.717) is 36.6 Å². The number of fused-ring (bicyclic) bond motifs is 1. The number of nitrogens with one attached hydrogen (secondary N) is 2. The summed E-state index contributed by atoms with van der Waals surface area (Å²) in [5, 5.41) is 6.17. The van der Waals surface area contributed by atoms with E-state index >= 15 is 0 Å². The molecule has 4 aliphatic rings. The normalized spacial score (nSPS) is 31.3. The zero-order chi connectivity index (χ0) is 24.4. The summed E-state index contributed by atoms with van der Waals surface area (Å²) in [6, 6.07) is 5.39. The van der Waals surface area contributed by atoms with Crippen molar-refractivity contribution < 1.29 is 23.9 Å². The highest BCUT2D eigenvalue weighted by Crippen LogP contribution is 2.32. The van der Waals surface area contributed by atoms with Crippen LogP contribution in [0.5, 0.6) is 5.75 Å². The Bertz CT molecular complexity index is 958. The summed E-state index contributed by atoms with van der Waals surface area (Å²) in [5.74, 6) is 0.672. The van der Waals surface area contributed by atoms with Crippen LogP contribution in [0.2, 0.25) is 0 Å². The van der Waals surface area contributed by atoms with E-state index in [1.54, 1.807) is 4.90 Å². The number of methoxy groups -OCH3 is 1. The average Bonchev–Trinajstić information content (AvgIpc) is 3.19. The highest BCUT2D eigenvalue weighted by atomic mass is 16.5. The second kappa shape index (κ2) is 10.7. The second-order valence-corrected chi connectivity index (χ2v) is 10.6. The highest BCUT2D eigenvalue weighted by molar-refractivity contribution is 6.05. The Morgan fingerprint density at radius 1 is 1.03 bits per heavy atom. The van der Waals surface area contributed by atoms with E-state index in [2.05, 4.69) is 10.6 Å². The summed E-state index contributed by atoms with van der Waals surface area (Å²) < 4.78 is 12.0. The number of imide groups is 1. The van der Waals surface area contributed by atoms with Crippen LogP contribution in [0.4, 0.5) is 0 Å². The lowest BCUT2D eigenvalue weighted by atomic mass is 9.86. The van der Waals surface area contributed by atoms with Gasteiger partial charge in [0.15, 0.2) is 0 Å². The minimum Gasteiger partial charge on any atom is -0.489 e. The van der Waals surface area contributed by atoms with Gasteiger partial charge in [0, 0.05) is 31.7 Å². The largest absolute Gasteiger partial charge is 0.489 e. The zero-order valence-corrected chi connectivity index (χ0v) is 20.6. The van der Waals surface area contributed by atoms with Crippen LogP contribution >= 0.6 is 0 Å². The van der Waals surface area contributed by atoms with Crippen molar-refractivity contribution in [3.8, 4) is 5.75 Å². The van der Waals surface area contributed by atoms with Crippen LogP contribution in [-0.2, 0) is 20.9 Å². The summed E-state index contributed by atoms with van der Waals surface area (Å²) in [5.41, 5.74) is 1.50. The Balaban J connectivity index is 1.19. The summed E-state index contributed by atoms with van der Waals surface area (Å²) in [6.45, 7) is 1.40. The number of amides is 3. The molecule has 5 rings (SSSR count). The van der Waals surface area contributed by atoms with Gasteiger partial charge in [0.25, 0.3) is 5.91 Å². The van der Waals surface area contributed by atoms with Crippen LogP contribution in [-0.4, -0.2) is 60.6 Å². The minimum atomic E-state index is -0.595. The maximum Gasteiger partial charge on any atom is 0.255 e. The van der Waals surface area contributed by atoms with Crippen LogP contribution in [0.3, 0.4) is 0 Å². The number of nitrogens with zero attached hydrogens (tertiary/aromatic N) is 1. The predicted octanol–water partition coefficient (Wildman–Crippen LogP) is 2.93. The van der Waals surface area contributed by atoms with Crippen LogP contribution < -0.4 is 15.4 Å². The molecule has 0 bridgehead atoms. The molecule has 2 heterocycles. The monoisotopic (exact) mass is 483 g/mol. The van der Waals surface area contributed by atoms with Crippen molar-refractivity contribution in [2.75, 3.05) is 13.7 Å². The Morgan fingerprint density at radius 2 is 1.83 bits per heavy atom. The molecule has 1 unspecified atom stereocenters. The molecule has 1 aromatic rings. The quantitative estimate of drug-likeness (QED) is 0.579.